The van der Waals surface area contributed by atoms with E-state index in [9.17, 15) is 0 Å². The van der Waals surface area contributed by atoms with Crippen LogP contribution in [-0.4, -0.2) is 61.2 Å². The molecule has 0 atom stereocenters. The fraction of sp³-hybridized carbons (Fsp3) is 1.00. The number of hydrogen-bond acceptors (Lipinski definition) is 3. The van der Waals surface area contributed by atoms with E-state index in [0.717, 1.165) is 12.1 Å². The van der Waals surface area contributed by atoms with E-state index in [0.29, 0.717) is 0 Å². The van der Waals surface area contributed by atoms with Crippen LogP contribution in [0, 0.1) is 0 Å². The van der Waals surface area contributed by atoms with Gasteiger partial charge in [-0.1, -0.05) is 0 Å². The molecule has 1 aliphatic carbocycles. The van der Waals surface area contributed by atoms with E-state index in [2.05, 4.69) is 15.1 Å². The van der Waals surface area contributed by atoms with Gasteiger partial charge in [0.2, 0.25) is 0 Å². The summed E-state index contributed by atoms with van der Waals surface area (Å²) in [5.41, 5.74) is 0. The molecule has 0 radical (unpaired) electrons. The zero-order valence-corrected chi connectivity index (χ0v) is 8.21. The van der Waals surface area contributed by atoms with Gasteiger partial charge in [0.1, 0.15) is 0 Å². The molecular weight excluding hydrogens is 162 g/mol. The van der Waals surface area contributed by atoms with Crippen molar-refractivity contribution in [3.63, 3.8) is 0 Å². The van der Waals surface area contributed by atoms with E-state index in [1.54, 1.807) is 0 Å². The van der Waals surface area contributed by atoms with Gasteiger partial charge in [0.25, 0.3) is 0 Å². The smallest absolute Gasteiger partial charge is 0.0346 e. The van der Waals surface area contributed by atoms with E-state index in [-0.39, 0.29) is 0 Å². The highest BCUT2D eigenvalue weighted by molar-refractivity contribution is 4.91. The Morgan fingerprint density at radius 2 is 1.31 bits per heavy atom. The van der Waals surface area contributed by atoms with Crippen LogP contribution < -0.4 is 5.32 Å². The molecule has 0 amide bonds. The normalized spacial score (nSPS) is 33.2. The van der Waals surface area contributed by atoms with E-state index in [4.69, 9.17) is 0 Å². The van der Waals surface area contributed by atoms with Crippen LogP contribution in [0.1, 0.15) is 12.8 Å². The van der Waals surface area contributed by atoms with Crippen LogP contribution in [0.25, 0.3) is 0 Å². The van der Waals surface area contributed by atoms with Gasteiger partial charge in [-0.25, -0.2) is 0 Å². The molecule has 0 unspecified atom stereocenters. The highest BCUT2D eigenvalue weighted by Gasteiger charge is 2.33. The minimum atomic E-state index is 0.862. The predicted octanol–water partition coefficient (Wildman–Crippen LogP) is -0.262. The molecule has 3 heteroatoms. The van der Waals surface area contributed by atoms with Crippen molar-refractivity contribution in [2.75, 3.05) is 39.3 Å². The van der Waals surface area contributed by atoms with Gasteiger partial charge >= 0.3 is 0 Å². The molecule has 2 saturated heterocycles. The molecule has 13 heavy (non-hydrogen) atoms. The monoisotopic (exact) mass is 181 g/mol. The Labute approximate surface area is 80.1 Å². The maximum Gasteiger partial charge on any atom is 0.0346 e. The lowest BCUT2D eigenvalue weighted by Gasteiger charge is -2.43. The van der Waals surface area contributed by atoms with Crippen LogP contribution in [0.3, 0.4) is 0 Å². The Morgan fingerprint density at radius 1 is 0.769 bits per heavy atom. The van der Waals surface area contributed by atoms with Gasteiger partial charge in [-0.3, -0.25) is 9.80 Å². The molecule has 3 nitrogen and oxygen atoms in total. The van der Waals surface area contributed by atoms with Gasteiger partial charge < -0.3 is 5.32 Å². The highest BCUT2D eigenvalue weighted by Crippen LogP contribution is 2.27. The van der Waals surface area contributed by atoms with Gasteiger partial charge in [-0.15, -0.1) is 0 Å². The number of piperazine rings is 1. The quantitative estimate of drug-likeness (QED) is 0.633. The summed E-state index contributed by atoms with van der Waals surface area (Å²) >= 11 is 0. The summed E-state index contributed by atoms with van der Waals surface area (Å²) in [5.74, 6) is 0. The number of nitrogens with zero attached hydrogens (tertiary/aromatic N) is 2. The molecule has 3 fully saturated rings. The van der Waals surface area contributed by atoms with Crippen LogP contribution >= 0.6 is 0 Å². The fourth-order valence-corrected chi connectivity index (χ4v) is 2.44. The Hall–Kier alpha value is -0.120. The zero-order valence-electron chi connectivity index (χ0n) is 8.21. The molecule has 3 rings (SSSR count). The Bertz CT molecular complexity index is 179. The summed E-state index contributed by atoms with van der Waals surface area (Å²) in [5, 5.41) is 3.35. The minimum Gasteiger partial charge on any atom is -0.314 e. The first-order valence-electron chi connectivity index (χ1n) is 5.62. The van der Waals surface area contributed by atoms with E-state index in [1.165, 1.54) is 52.1 Å². The lowest BCUT2D eigenvalue weighted by atomic mass is 10.1. The van der Waals surface area contributed by atoms with Crippen molar-refractivity contribution in [1.82, 2.24) is 15.1 Å². The maximum absolute atomic E-state index is 3.35. The second-order valence-electron chi connectivity index (χ2n) is 4.62. The van der Waals surface area contributed by atoms with Crippen molar-refractivity contribution in [2.45, 2.75) is 24.9 Å². The molecule has 0 bridgehead atoms. The Morgan fingerprint density at radius 3 is 1.69 bits per heavy atom. The first kappa shape index (κ1) is 8.21. The summed E-state index contributed by atoms with van der Waals surface area (Å²) in [7, 11) is 0. The molecule has 2 heterocycles. The topological polar surface area (TPSA) is 18.5 Å². The maximum atomic E-state index is 3.35. The van der Waals surface area contributed by atoms with Gasteiger partial charge in [0.15, 0.2) is 0 Å². The SMILES string of the molecule is C1CC1N1CCN(C2CNC2)CC1. The van der Waals surface area contributed by atoms with Crippen LogP contribution in [0.4, 0.5) is 0 Å². The van der Waals surface area contributed by atoms with Gasteiger partial charge in [0.05, 0.1) is 0 Å². The van der Waals surface area contributed by atoms with Gasteiger partial charge in [-0.2, -0.15) is 0 Å². The Balaban J connectivity index is 1.48. The molecule has 2 aliphatic heterocycles. The lowest BCUT2D eigenvalue weighted by Crippen LogP contribution is -2.61. The first-order valence-corrected chi connectivity index (χ1v) is 5.62. The van der Waals surface area contributed by atoms with Gasteiger partial charge in [-0.05, 0) is 12.8 Å². The summed E-state index contributed by atoms with van der Waals surface area (Å²) in [4.78, 5) is 5.35. The summed E-state index contributed by atoms with van der Waals surface area (Å²) in [6.45, 7) is 7.71. The second kappa shape index (κ2) is 3.23. The van der Waals surface area contributed by atoms with Crippen LogP contribution in [0.2, 0.25) is 0 Å². The number of nitrogens with one attached hydrogen (secondary N) is 1. The van der Waals surface area contributed by atoms with Crippen molar-refractivity contribution in [3.05, 3.63) is 0 Å². The molecule has 0 aromatic carbocycles. The largest absolute Gasteiger partial charge is 0.314 e. The van der Waals surface area contributed by atoms with Crippen LogP contribution in [-0.2, 0) is 0 Å². The third kappa shape index (κ3) is 1.60. The molecule has 3 aliphatic rings. The molecule has 1 saturated carbocycles. The average molecular weight is 181 g/mol. The second-order valence-corrected chi connectivity index (χ2v) is 4.62. The summed E-state index contributed by atoms with van der Waals surface area (Å²) in [6.07, 6.45) is 2.93. The molecule has 0 spiro atoms. The van der Waals surface area contributed by atoms with Crippen molar-refractivity contribution >= 4 is 0 Å². The molecular formula is C10H19N3. The van der Waals surface area contributed by atoms with E-state index < -0.39 is 0 Å². The van der Waals surface area contributed by atoms with Crippen molar-refractivity contribution < 1.29 is 0 Å². The fourth-order valence-electron chi connectivity index (χ4n) is 2.44. The van der Waals surface area contributed by atoms with Crippen molar-refractivity contribution in [1.29, 1.82) is 0 Å². The minimum absolute atomic E-state index is 0.862. The van der Waals surface area contributed by atoms with Crippen LogP contribution in [0.5, 0.6) is 0 Å². The first-order chi connectivity index (χ1) is 6.43. The van der Waals surface area contributed by atoms with Gasteiger partial charge in [0, 0.05) is 51.4 Å². The van der Waals surface area contributed by atoms with E-state index >= 15 is 0 Å². The third-order valence-corrected chi connectivity index (χ3v) is 3.69. The van der Waals surface area contributed by atoms with Crippen molar-refractivity contribution in [2.24, 2.45) is 0 Å². The lowest BCUT2D eigenvalue weighted by molar-refractivity contribution is 0.0693. The molecule has 0 aromatic heterocycles. The van der Waals surface area contributed by atoms with Crippen molar-refractivity contribution in [3.8, 4) is 0 Å². The Kier molecular flexibility index (Phi) is 2.04. The van der Waals surface area contributed by atoms with Crippen LogP contribution in [0.15, 0.2) is 0 Å². The summed E-state index contributed by atoms with van der Waals surface area (Å²) < 4.78 is 0. The number of hydrogen-bond donors (Lipinski definition) is 1. The average Bonchev–Trinajstić information content (AvgIpc) is 2.85. The predicted molar refractivity (Wildman–Crippen MR) is 52.8 cm³/mol. The standard InChI is InChI=1S/C10H19N3/c1-2-9(1)12-3-5-13(6-4-12)10-7-11-8-10/h9-11H,1-8H2. The molecule has 1 N–H and O–H groups in total. The number of rotatable bonds is 2. The summed E-state index contributed by atoms with van der Waals surface area (Å²) in [6, 6.07) is 1.84. The molecule has 0 aromatic rings. The molecule has 74 valence electrons. The zero-order chi connectivity index (χ0) is 8.67. The van der Waals surface area contributed by atoms with E-state index in [1.807, 2.05) is 0 Å². The highest BCUT2D eigenvalue weighted by atomic mass is 15.3. The third-order valence-electron chi connectivity index (χ3n) is 3.69.